The van der Waals surface area contributed by atoms with Crippen LogP contribution >= 0.6 is 24.2 Å². The smallest absolute Gasteiger partial charge is 0.237 e. The Hall–Kier alpha value is 0.0300. The van der Waals surface area contributed by atoms with Crippen LogP contribution in [-0.2, 0) is 9.53 Å². The first kappa shape index (κ1) is 19.1. The molecule has 21 heavy (non-hydrogen) atoms. The summed E-state index contributed by atoms with van der Waals surface area (Å²) >= 11 is 1.73. The molecule has 2 aliphatic carbocycles. The average Bonchev–Trinajstić information content (AvgIpc) is 2.95. The summed E-state index contributed by atoms with van der Waals surface area (Å²) in [6.07, 6.45) is 8.96. The molecule has 0 saturated heterocycles. The van der Waals surface area contributed by atoms with E-state index in [1.807, 2.05) is 13.2 Å². The number of ether oxygens (including phenoxy) is 1. The van der Waals surface area contributed by atoms with Crippen molar-refractivity contribution in [1.29, 1.82) is 0 Å². The number of halogens is 1. The van der Waals surface area contributed by atoms with E-state index in [9.17, 15) is 4.79 Å². The van der Waals surface area contributed by atoms with Gasteiger partial charge < -0.3 is 15.8 Å². The Kier molecular flexibility index (Phi) is 7.82. The van der Waals surface area contributed by atoms with E-state index in [4.69, 9.17) is 10.5 Å². The second-order valence-corrected chi connectivity index (χ2v) is 7.05. The predicted octanol–water partition coefficient (Wildman–Crippen LogP) is 2.34. The summed E-state index contributed by atoms with van der Waals surface area (Å²) in [7, 11) is 0. The molecule has 6 heteroatoms. The summed E-state index contributed by atoms with van der Waals surface area (Å²) in [5.41, 5.74) is 6.15. The number of carbonyl (C=O) groups is 1. The highest BCUT2D eigenvalue weighted by molar-refractivity contribution is 7.98. The SMILES string of the molecule is CCOC1CC(NC(=O)[C@@H](N)CCSC)C12CCCC2.Cl. The van der Waals surface area contributed by atoms with Gasteiger partial charge in [0.05, 0.1) is 12.1 Å². The van der Waals surface area contributed by atoms with Gasteiger partial charge >= 0.3 is 0 Å². The largest absolute Gasteiger partial charge is 0.378 e. The van der Waals surface area contributed by atoms with Crippen molar-refractivity contribution >= 4 is 30.1 Å². The quantitative estimate of drug-likeness (QED) is 0.749. The van der Waals surface area contributed by atoms with Gasteiger partial charge in [0, 0.05) is 18.1 Å². The maximum Gasteiger partial charge on any atom is 0.237 e. The molecule has 1 amide bonds. The molecule has 0 aromatic heterocycles. The molecule has 0 aliphatic heterocycles. The van der Waals surface area contributed by atoms with E-state index in [2.05, 4.69) is 5.32 Å². The Morgan fingerprint density at radius 1 is 1.48 bits per heavy atom. The highest BCUT2D eigenvalue weighted by Gasteiger charge is 2.57. The molecule has 0 radical (unpaired) electrons. The number of hydrogen-bond acceptors (Lipinski definition) is 4. The molecule has 2 rings (SSSR count). The van der Waals surface area contributed by atoms with Crippen molar-refractivity contribution in [1.82, 2.24) is 5.32 Å². The molecular weight excluding hydrogens is 308 g/mol. The molecule has 4 nitrogen and oxygen atoms in total. The number of hydrogen-bond donors (Lipinski definition) is 2. The van der Waals surface area contributed by atoms with Crippen LogP contribution in [0, 0.1) is 5.41 Å². The van der Waals surface area contributed by atoms with Crippen LogP contribution in [-0.4, -0.2) is 42.7 Å². The third-order valence-electron chi connectivity index (χ3n) is 4.97. The fraction of sp³-hybridized carbons (Fsp3) is 0.933. The van der Waals surface area contributed by atoms with E-state index >= 15 is 0 Å². The molecular formula is C15H29ClN2O2S. The zero-order chi connectivity index (χ0) is 14.6. The first-order valence-corrected chi connectivity index (χ1v) is 9.20. The van der Waals surface area contributed by atoms with Crippen molar-refractivity contribution in [3.63, 3.8) is 0 Å². The Balaban J connectivity index is 0.00000220. The van der Waals surface area contributed by atoms with Crippen LogP contribution in [0.4, 0.5) is 0 Å². The summed E-state index contributed by atoms with van der Waals surface area (Å²) in [5, 5.41) is 3.19. The molecule has 124 valence electrons. The normalized spacial score (nSPS) is 27.8. The lowest BCUT2D eigenvalue weighted by Gasteiger charge is -2.54. The molecule has 0 bridgehead atoms. The predicted molar refractivity (Wildman–Crippen MR) is 91.1 cm³/mol. The van der Waals surface area contributed by atoms with Crippen molar-refractivity contribution in [2.45, 2.75) is 63.6 Å². The molecule has 2 fully saturated rings. The van der Waals surface area contributed by atoms with Crippen LogP contribution in [0.2, 0.25) is 0 Å². The lowest BCUT2D eigenvalue weighted by Crippen LogP contribution is -2.65. The molecule has 3 N–H and O–H groups in total. The van der Waals surface area contributed by atoms with Crippen molar-refractivity contribution in [2.24, 2.45) is 11.1 Å². The maximum absolute atomic E-state index is 12.2. The van der Waals surface area contributed by atoms with E-state index in [0.717, 1.165) is 25.2 Å². The molecule has 3 atom stereocenters. The lowest BCUT2D eigenvalue weighted by atomic mass is 9.60. The number of carbonyl (C=O) groups excluding carboxylic acids is 1. The van der Waals surface area contributed by atoms with Gasteiger partial charge in [-0.05, 0) is 44.6 Å². The highest BCUT2D eigenvalue weighted by atomic mass is 35.5. The minimum absolute atomic E-state index is 0. The minimum Gasteiger partial charge on any atom is -0.378 e. The lowest BCUT2D eigenvalue weighted by molar-refractivity contribution is -0.144. The fourth-order valence-corrected chi connectivity index (χ4v) is 4.23. The summed E-state index contributed by atoms with van der Waals surface area (Å²) < 4.78 is 5.87. The van der Waals surface area contributed by atoms with E-state index in [0.29, 0.717) is 6.10 Å². The molecule has 0 heterocycles. The van der Waals surface area contributed by atoms with E-state index in [1.54, 1.807) is 11.8 Å². The number of nitrogens with two attached hydrogens (primary N) is 1. The molecule has 2 unspecified atom stereocenters. The Morgan fingerprint density at radius 3 is 2.71 bits per heavy atom. The zero-order valence-electron chi connectivity index (χ0n) is 13.1. The second-order valence-electron chi connectivity index (χ2n) is 6.07. The van der Waals surface area contributed by atoms with Crippen LogP contribution in [0.3, 0.4) is 0 Å². The topological polar surface area (TPSA) is 64.3 Å². The van der Waals surface area contributed by atoms with Gasteiger partial charge in [0.1, 0.15) is 0 Å². The molecule has 2 saturated carbocycles. The van der Waals surface area contributed by atoms with Gasteiger partial charge in [-0.1, -0.05) is 12.8 Å². The first-order chi connectivity index (χ1) is 9.64. The molecule has 1 spiro atoms. The monoisotopic (exact) mass is 336 g/mol. The van der Waals surface area contributed by atoms with Gasteiger partial charge in [0.2, 0.25) is 5.91 Å². The summed E-state index contributed by atoms with van der Waals surface area (Å²) in [6, 6.07) is -0.0959. The highest BCUT2D eigenvalue weighted by Crippen LogP contribution is 2.54. The minimum atomic E-state index is -0.368. The van der Waals surface area contributed by atoms with Crippen molar-refractivity contribution < 1.29 is 9.53 Å². The van der Waals surface area contributed by atoms with Gasteiger partial charge in [-0.25, -0.2) is 0 Å². The maximum atomic E-state index is 12.2. The third-order valence-corrected chi connectivity index (χ3v) is 5.62. The summed E-state index contributed by atoms with van der Waals surface area (Å²) in [6.45, 7) is 2.81. The van der Waals surface area contributed by atoms with Crippen LogP contribution in [0.5, 0.6) is 0 Å². The molecule has 0 aromatic carbocycles. The van der Waals surface area contributed by atoms with E-state index in [-0.39, 0.29) is 35.8 Å². The zero-order valence-corrected chi connectivity index (χ0v) is 14.7. The fourth-order valence-electron chi connectivity index (χ4n) is 3.74. The van der Waals surface area contributed by atoms with Crippen LogP contribution < -0.4 is 11.1 Å². The van der Waals surface area contributed by atoms with Crippen LogP contribution in [0.1, 0.15) is 45.4 Å². The Morgan fingerprint density at radius 2 is 2.14 bits per heavy atom. The summed E-state index contributed by atoms with van der Waals surface area (Å²) in [5.74, 6) is 0.955. The van der Waals surface area contributed by atoms with Crippen molar-refractivity contribution in [3.05, 3.63) is 0 Å². The van der Waals surface area contributed by atoms with Crippen molar-refractivity contribution in [2.75, 3.05) is 18.6 Å². The number of amides is 1. The Bertz CT molecular complexity index is 338. The number of nitrogens with one attached hydrogen (secondary N) is 1. The first-order valence-electron chi connectivity index (χ1n) is 7.80. The number of thioether (sulfide) groups is 1. The van der Waals surface area contributed by atoms with Crippen LogP contribution in [0.25, 0.3) is 0 Å². The third kappa shape index (κ3) is 4.06. The van der Waals surface area contributed by atoms with Gasteiger partial charge in [-0.2, -0.15) is 11.8 Å². The average molecular weight is 337 g/mol. The van der Waals surface area contributed by atoms with Gasteiger partial charge in [-0.15, -0.1) is 12.4 Å². The standard InChI is InChI=1S/C15H28N2O2S.ClH/c1-3-19-13-10-12(15(13)7-4-5-8-15)17-14(18)11(16)6-9-20-2;/h11-13H,3-10,16H2,1-2H3,(H,17,18);1H/t11-,12?,13?;/m0./s1. The second kappa shape index (κ2) is 8.61. The number of rotatable bonds is 7. The van der Waals surface area contributed by atoms with E-state index in [1.165, 1.54) is 25.7 Å². The summed E-state index contributed by atoms with van der Waals surface area (Å²) in [4.78, 5) is 12.2. The van der Waals surface area contributed by atoms with E-state index < -0.39 is 0 Å². The molecule has 2 aliphatic rings. The van der Waals surface area contributed by atoms with Gasteiger partial charge in [0.25, 0.3) is 0 Å². The van der Waals surface area contributed by atoms with Gasteiger partial charge in [0.15, 0.2) is 0 Å². The van der Waals surface area contributed by atoms with Crippen LogP contribution in [0.15, 0.2) is 0 Å². The van der Waals surface area contributed by atoms with Gasteiger partial charge in [-0.3, -0.25) is 4.79 Å². The van der Waals surface area contributed by atoms with Crippen molar-refractivity contribution in [3.8, 4) is 0 Å². The molecule has 0 aromatic rings. The Labute approximate surface area is 138 Å².